The Hall–Kier alpha value is -4.53. The minimum Gasteiger partial charge on any atom is -0.481 e. The minimum atomic E-state index is -1.79. The quantitative estimate of drug-likeness (QED) is 0.110. The van der Waals surface area contributed by atoms with Crippen LogP contribution in [0.2, 0.25) is 0 Å². The average Bonchev–Trinajstić information content (AvgIpc) is 2.80. The second-order valence-electron chi connectivity index (χ2n) is 8.02. The van der Waals surface area contributed by atoms with Crippen LogP contribution in [-0.4, -0.2) is 81.0 Å². The number of primary amides is 1. The summed E-state index contributed by atoms with van der Waals surface area (Å²) in [5.41, 5.74) is 11.2. The molecule has 0 aliphatic rings. The third-order valence-electron chi connectivity index (χ3n) is 4.95. The van der Waals surface area contributed by atoms with E-state index in [0.717, 1.165) is 0 Å². The third kappa shape index (κ3) is 11.6. The van der Waals surface area contributed by atoms with E-state index in [4.69, 9.17) is 21.7 Å². The zero-order valence-electron chi connectivity index (χ0n) is 19.6. The van der Waals surface area contributed by atoms with Gasteiger partial charge in [-0.05, 0) is 12.0 Å². The molecule has 202 valence electrons. The van der Waals surface area contributed by atoms with Crippen LogP contribution in [0, 0.1) is 0 Å². The first kappa shape index (κ1) is 30.5. The van der Waals surface area contributed by atoms with E-state index in [-0.39, 0.29) is 19.3 Å². The Morgan fingerprint density at radius 1 is 0.730 bits per heavy atom. The van der Waals surface area contributed by atoms with Crippen LogP contribution in [0.4, 0.5) is 0 Å². The molecule has 4 amide bonds. The van der Waals surface area contributed by atoms with Crippen LogP contribution in [0.3, 0.4) is 0 Å². The van der Waals surface area contributed by atoms with Gasteiger partial charge in [-0.25, -0.2) is 4.79 Å². The summed E-state index contributed by atoms with van der Waals surface area (Å²) in [6.45, 7) is 0. The van der Waals surface area contributed by atoms with Crippen molar-refractivity contribution in [2.75, 3.05) is 0 Å². The van der Waals surface area contributed by atoms with Crippen molar-refractivity contribution in [2.45, 2.75) is 56.3 Å². The van der Waals surface area contributed by atoms with E-state index in [2.05, 4.69) is 16.0 Å². The standard InChI is InChI=1S/C22H29N5O10/c23-12(9-17(29)30)19(33)25-13(6-7-16(24)28)20(34)26-14(8-11-4-2-1-3-5-11)21(35)27-15(22(36)37)10-18(31)32/h1-5,12-15H,6-10,23H2,(H2,24,28)(H,25,33)(H,26,34)(H,27,35)(H,29,30)(H,31,32)(H,36,37). The molecule has 15 nitrogen and oxygen atoms in total. The highest BCUT2D eigenvalue weighted by molar-refractivity contribution is 5.95. The number of amides is 4. The van der Waals surface area contributed by atoms with Gasteiger partial charge in [-0.1, -0.05) is 30.3 Å². The molecule has 1 aromatic carbocycles. The van der Waals surface area contributed by atoms with Crippen LogP contribution in [0.25, 0.3) is 0 Å². The molecule has 10 N–H and O–H groups in total. The van der Waals surface area contributed by atoms with Gasteiger partial charge < -0.3 is 42.7 Å². The summed E-state index contributed by atoms with van der Waals surface area (Å²) in [4.78, 5) is 82.6. The molecule has 0 spiro atoms. The lowest BCUT2D eigenvalue weighted by Gasteiger charge is -2.25. The molecule has 0 saturated carbocycles. The molecule has 0 aliphatic heterocycles. The summed E-state index contributed by atoms with van der Waals surface area (Å²) in [6, 6.07) is 2.04. The molecule has 0 radical (unpaired) electrons. The number of carboxylic acid groups (broad SMARTS) is 3. The Labute approximate surface area is 210 Å². The van der Waals surface area contributed by atoms with Gasteiger partial charge >= 0.3 is 17.9 Å². The number of aliphatic carboxylic acids is 3. The zero-order chi connectivity index (χ0) is 28.1. The van der Waals surface area contributed by atoms with E-state index in [0.29, 0.717) is 5.56 Å². The molecular weight excluding hydrogens is 494 g/mol. The van der Waals surface area contributed by atoms with Gasteiger partial charge in [0.05, 0.1) is 18.9 Å². The molecule has 0 aliphatic carbocycles. The lowest BCUT2D eigenvalue weighted by Crippen LogP contribution is -2.58. The van der Waals surface area contributed by atoms with Crippen LogP contribution < -0.4 is 27.4 Å². The molecule has 4 atom stereocenters. The number of rotatable bonds is 16. The molecule has 15 heteroatoms. The molecule has 0 aromatic heterocycles. The number of carboxylic acids is 3. The van der Waals surface area contributed by atoms with E-state index in [1.165, 1.54) is 0 Å². The fraction of sp³-hybridized carbons (Fsp3) is 0.409. The number of hydrogen-bond donors (Lipinski definition) is 8. The lowest BCUT2D eigenvalue weighted by atomic mass is 10.0. The van der Waals surface area contributed by atoms with Crippen molar-refractivity contribution in [1.29, 1.82) is 0 Å². The molecule has 0 heterocycles. The molecule has 0 fully saturated rings. The van der Waals surface area contributed by atoms with E-state index < -0.39 is 78.5 Å². The van der Waals surface area contributed by atoms with E-state index in [1.807, 2.05) is 0 Å². The highest BCUT2D eigenvalue weighted by Gasteiger charge is 2.31. The summed E-state index contributed by atoms with van der Waals surface area (Å²) < 4.78 is 0. The summed E-state index contributed by atoms with van der Waals surface area (Å²) in [5, 5.41) is 33.6. The lowest BCUT2D eigenvalue weighted by molar-refractivity contribution is -0.147. The van der Waals surface area contributed by atoms with Gasteiger partial charge in [-0.3, -0.25) is 28.8 Å². The SMILES string of the molecule is NC(=O)CCC(NC(=O)C(N)CC(=O)O)C(=O)NC(Cc1ccccc1)C(=O)NC(CC(=O)O)C(=O)O. The summed E-state index contributed by atoms with van der Waals surface area (Å²) >= 11 is 0. The molecular formula is C22H29N5O10. The van der Waals surface area contributed by atoms with Crippen LogP contribution in [-0.2, 0) is 40.0 Å². The van der Waals surface area contributed by atoms with Gasteiger partial charge in [-0.15, -0.1) is 0 Å². The van der Waals surface area contributed by atoms with Crippen LogP contribution in [0.5, 0.6) is 0 Å². The normalized spacial score (nSPS) is 13.8. The summed E-state index contributed by atoms with van der Waals surface area (Å²) in [7, 11) is 0. The van der Waals surface area contributed by atoms with Gasteiger partial charge in [-0.2, -0.15) is 0 Å². The molecule has 0 saturated heterocycles. The van der Waals surface area contributed by atoms with Crippen molar-refractivity contribution in [3.8, 4) is 0 Å². The van der Waals surface area contributed by atoms with Crippen LogP contribution in [0.1, 0.15) is 31.2 Å². The Kier molecular flexibility index (Phi) is 12.2. The number of hydrogen-bond acceptors (Lipinski definition) is 8. The van der Waals surface area contributed by atoms with Crippen molar-refractivity contribution in [1.82, 2.24) is 16.0 Å². The number of benzene rings is 1. The van der Waals surface area contributed by atoms with Crippen molar-refractivity contribution < 1.29 is 48.9 Å². The second kappa shape index (κ2) is 14.8. The maximum Gasteiger partial charge on any atom is 0.326 e. The predicted octanol–water partition coefficient (Wildman–Crippen LogP) is -2.69. The Morgan fingerprint density at radius 2 is 1.24 bits per heavy atom. The maximum atomic E-state index is 13.0. The number of carbonyl (C=O) groups is 7. The highest BCUT2D eigenvalue weighted by atomic mass is 16.4. The van der Waals surface area contributed by atoms with Crippen molar-refractivity contribution in [3.63, 3.8) is 0 Å². The Balaban J connectivity index is 3.16. The van der Waals surface area contributed by atoms with Crippen molar-refractivity contribution >= 4 is 41.5 Å². The van der Waals surface area contributed by atoms with Gasteiger partial charge in [0.25, 0.3) is 0 Å². The molecule has 4 unspecified atom stereocenters. The fourth-order valence-electron chi connectivity index (χ4n) is 3.09. The Morgan fingerprint density at radius 3 is 1.76 bits per heavy atom. The van der Waals surface area contributed by atoms with Gasteiger partial charge in [0.1, 0.15) is 18.1 Å². The monoisotopic (exact) mass is 523 g/mol. The molecule has 1 rings (SSSR count). The smallest absolute Gasteiger partial charge is 0.326 e. The predicted molar refractivity (Wildman–Crippen MR) is 124 cm³/mol. The topological polar surface area (TPSA) is 268 Å². The first-order valence-corrected chi connectivity index (χ1v) is 11.0. The van der Waals surface area contributed by atoms with Gasteiger partial charge in [0.2, 0.25) is 23.6 Å². The average molecular weight is 523 g/mol. The molecule has 0 bridgehead atoms. The largest absolute Gasteiger partial charge is 0.481 e. The minimum absolute atomic E-state index is 0.146. The van der Waals surface area contributed by atoms with E-state index in [1.54, 1.807) is 30.3 Å². The van der Waals surface area contributed by atoms with Crippen molar-refractivity contribution in [3.05, 3.63) is 35.9 Å². The fourth-order valence-corrected chi connectivity index (χ4v) is 3.09. The van der Waals surface area contributed by atoms with Crippen LogP contribution in [0.15, 0.2) is 30.3 Å². The maximum absolute atomic E-state index is 13.0. The molecule has 1 aromatic rings. The van der Waals surface area contributed by atoms with E-state index >= 15 is 0 Å². The van der Waals surface area contributed by atoms with Gasteiger partial charge in [0, 0.05) is 12.8 Å². The highest BCUT2D eigenvalue weighted by Crippen LogP contribution is 2.07. The van der Waals surface area contributed by atoms with Crippen molar-refractivity contribution in [2.24, 2.45) is 11.5 Å². The van der Waals surface area contributed by atoms with Gasteiger partial charge in [0.15, 0.2) is 0 Å². The first-order valence-electron chi connectivity index (χ1n) is 11.0. The summed E-state index contributed by atoms with van der Waals surface area (Å²) in [6.07, 6.45) is -2.49. The molecule has 37 heavy (non-hydrogen) atoms. The number of nitrogens with two attached hydrogens (primary N) is 2. The third-order valence-corrected chi connectivity index (χ3v) is 4.95. The second-order valence-corrected chi connectivity index (χ2v) is 8.02. The Bertz CT molecular complexity index is 1020. The van der Waals surface area contributed by atoms with E-state index in [9.17, 15) is 38.7 Å². The number of carbonyl (C=O) groups excluding carboxylic acids is 4. The first-order chi connectivity index (χ1) is 17.3. The summed E-state index contributed by atoms with van der Waals surface area (Å²) in [5.74, 6) is -8.27. The number of nitrogens with one attached hydrogen (secondary N) is 3. The zero-order valence-corrected chi connectivity index (χ0v) is 19.6. The van der Waals surface area contributed by atoms with Crippen LogP contribution >= 0.6 is 0 Å².